The van der Waals surface area contributed by atoms with Gasteiger partial charge in [0, 0.05) is 26.2 Å². The van der Waals surface area contributed by atoms with Crippen molar-refractivity contribution < 1.29 is 9.53 Å². The fraction of sp³-hybridized carbons (Fsp3) is 0.391. The van der Waals surface area contributed by atoms with E-state index in [0.717, 1.165) is 43.6 Å². The summed E-state index contributed by atoms with van der Waals surface area (Å²) in [6, 6.07) is 20.3. The first-order chi connectivity index (χ1) is 13.7. The van der Waals surface area contributed by atoms with Gasteiger partial charge in [-0.15, -0.1) is 0 Å². The van der Waals surface area contributed by atoms with E-state index in [1.807, 2.05) is 41.3 Å². The molecule has 0 N–H and O–H groups in total. The predicted octanol–water partition coefficient (Wildman–Crippen LogP) is 2.95. The van der Waals surface area contributed by atoms with Crippen LogP contribution in [0.15, 0.2) is 54.6 Å². The van der Waals surface area contributed by atoms with E-state index in [1.165, 1.54) is 0 Å². The second-order valence-electron chi connectivity index (χ2n) is 7.59. The van der Waals surface area contributed by atoms with Gasteiger partial charge in [0.05, 0.1) is 23.8 Å². The molecule has 28 heavy (non-hydrogen) atoms. The smallest absolute Gasteiger partial charge is 0.249 e. The molecule has 5 nitrogen and oxygen atoms in total. The molecule has 0 spiro atoms. The van der Waals surface area contributed by atoms with Crippen molar-refractivity contribution in [2.24, 2.45) is 0 Å². The molecule has 2 aliphatic rings. The Morgan fingerprint density at radius 1 is 1.00 bits per heavy atom. The van der Waals surface area contributed by atoms with Crippen molar-refractivity contribution in [2.45, 2.75) is 38.1 Å². The van der Waals surface area contributed by atoms with Crippen molar-refractivity contribution in [3.8, 4) is 6.07 Å². The van der Waals surface area contributed by atoms with E-state index in [4.69, 9.17) is 10.00 Å². The minimum Gasteiger partial charge on any atom is -0.366 e. The second kappa shape index (κ2) is 8.55. The minimum atomic E-state index is 0.0836. The third-order valence-electron chi connectivity index (χ3n) is 5.70. The molecule has 2 saturated heterocycles. The molecule has 2 aromatic rings. The van der Waals surface area contributed by atoms with Crippen molar-refractivity contribution >= 4 is 5.91 Å². The third-order valence-corrected chi connectivity index (χ3v) is 5.70. The number of fused-ring (bicyclic) bond motifs is 1. The summed E-state index contributed by atoms with van der Waals surface area (Å²) in [7, 11) is 0. The van der Waals surface area contributed by atoms with Gasteiger partial charge in [0.1, 0.15) is 6.61 Å². The van der Waals surface area contributed by atoms with Gasteiger partial charge in [-0.25, -0.2) is 0 Å². The molecule has 2 heterocycles. The van der Waals surface area contributed by atoms with Crippen LogP contribution in [0.3, 0.4) is 0 Å². The van der Waals surface area contributed by atoms with Crippen LogP contribution in [-0.2, 0) is 22.6 Å². The maximum atomic E-state index is 12.6. The molecule has 2 atom stereocenters. The highest BCUT2D eigenvalue weighted by Crippen LogP contribution is 2.26. The molecule has 2 aliphatic heterocycles. The Balaban J connectivity index is 1.45. The lowest BCUT2D eigenvalue weighted by molar-refractivity contribution is -0.158. The van der Waals surface area contributed by atoms with Gasteiger partial charge in [-0.3, -0.25) is 9.69 Å². The van der Waals surface area contributed by atoms with Gasteiger partial charge >= 0.3 is 0 Å². The summed E-state index contributed by atoms with van der Waals surface area (Å²) in [5, 5.41) is 9.11. The second-order valence-corrected chi connectivity index (χ2v) is 7.59. The van der Waals surface area contributed by atoms with Crippen LogP contribution in [0.2, 0.25) is 0 Å². The number of benzene rings is 2. The number of hydrogen-bond donors (Lipinski definition) is 0. The third kappa shape index (κ3) is 4.24. The van der Waals surface area contributed by atoms with E-state index < -0.39 is 0 Å². The van der Waals surface area contributed by atoms with Crippen LogP contribution >= 0.6 is 0 Å². The molecule has 0 saturated carbocycles. The Labute approximate surface area is 166 Å². The number of rotatable bonds is 4. The van der Waals surface area contributed by atoms with Crippen LogP contribution in [0.1, 0.15) is 29.5 Å². The Morgan fingerprint density at radius 2 is 1.79 bits per heavy atom. The minimum absolute atomic E-state index is 0.0836. The molecule has 0 unspecified atom stereocenters. The quantitative estimate of drug-likeness (QED) is 0.824. The monoisotopic (exact) mass is 375 g/mol. The number of carbonyl (C=O) groups excluding carboxylic acids is 1. The van der Waals surface area contributed by atoms with Gasteiger partial charge in [0.15, 0.2) is 0 Å². The van der Waals surface area contributed by atoms with Gasteiger partial charge < -0.3 is 9.64 Å². The molecule has 2 fully saturated rings. The fourth-order valence-corrected chi connectivity index (χ4v) is 4.25. The van der Waals surface area contributed by atoms with Gasteiger partial charge in [-0.1, -0.05) is 42.5 Å². The number of hydrogen-bond acceptors (Lipinski definition) is 4. The largest absolute Gasteiger partial charge is 0.366 e. The lowest BCUT2D eigenvalue weighted by Crippen LogP contribution is -2.53. The highest BCUT2D eigenvalue weighted by Gasteiger charge is 2.38. The molecule has 0 bridgehead atoms. The summed E-state index contributed by atoms with van der Waals surface area (Å²) >= 11 is 0. The number of ether oxygens (including phenoxy) is 1. The summed E-state index contributed by atoms with van der Waals surface area (Å²) in [5.41, 5.74) is 3.01. The van der Waals surface area contributed by atoms with E-state index in [0.29, 0.717) is 12.1 Å². The molecule has 2 aromatic carbocycles. The highest BCUT2D eigenvalue weighted by molar-refractivity contribution is 5.78. The zero-order valence-corrected chi connectivity index (χ0v) is 16.0. The topological polar surface area (TPSA) is 56.6 Å². The zero-order chi connectivity index (χ0) is 19.3. The predicted molar refractivity (Wildman–Crippen MR) is 106 cm³/mol. The number of carbonyl (C=O) groups is 1. The maximum absolute atomic E-state index is 12.6. The average Bonchev–Trinajstić information content (AvgIpc) is 2.94. The first kappa shape index (κ1) is 18.7. The summed E-state index contributed by atoms with van der Waals surface area (Å²) in [5.74, 6) is 0.0836. The van der Waals surface area contributed by atoms with E-state index in [2.05, 4.69) is 29.2 Å². The summed E-state index contributed by atoms with van der Waals surface area (Å²) in [6.45, 7) is 3.50. The van der Waals surface area contributed by atoms with Gasteiger partial charge in [0.2, 0.25) is 5.91 Å². The lowest BCUT2D eigenvalue weighted by Gasteiger charge is -2.40. The Morgan fingerprint density at radius 3 is 2.61 bits per heavy atom. The van der Waals surface area contributed by atoms with Crippen molar-refractivity contribution in [2.75, 3.05) is 19.7 Å². The molecule has 5 heteroatoms. The lowest BCUT2D eigenvalue weighted by atomic mass is 10.0. The average molecular weight is 375 g/mol. The van der Waals surface area contributed by atoms with Gasteiger partial charge in [0.25, 0.3) is 0 Å². The Hall–Kier alpha value is -2.68. The van der Waals surface area contributed by atoms with E-state index >= 15 is 0 Å². The standard InChI is InChI=1S/C23H25N3O2/c24-14-19-7-4-8-20(13-19)15-25-11-9-21-22(10-12-25)28-17-23(27)26(21)16-18-5-2-1-3-6-18/h1-8,13,21-22H,9-12,15-17H2/t21-,22-/m0/s1. The summed E-state index contributed by atoms with van der Waals surface area (Å²) in [4.78, 5) is 17.0. The molecule has 4 rings (SSSR count). The Kier molecular flexibility index (Phi) is 5.70. The maximum Gasteiger partial charge on any atom is 0.249 e. The molecule has 0 aromatic heterocycles. The van der Waals surface area contributed by atoms with Crippen LogP contribution in [0.4, 0.5) is 0 Å². The van der Waals surface area contributed by atoms with Crippen molar-refractivity contribution in [3.05, 3.63) is 71.3 Å². The van der Waals surface area contributed by atoms with Gasteiger partial charge in [-0.2, -0.15) is 5.26 Å². The number of nitrogens with zero attached hydrogens (tertiary/aromatic N) is 3. The van der Waals surface area contributed by atoms with Crippen LogP contribution in [0.5, 0.6) is 0 Å². The molecular formula is C23H25N3O2. The highest BCUT2D eigenvalue weighted by atomic mass is 16.5. The van der Waals surface area contributed by atoms with Crippen molar-refractivity contribution in [3.63, 3.8) is 0 Å². The van der Waals surface area contributed by atoms with Crippen LogP contribution in [-0.4, -0.2) is 47.5 Å². The Bertz CT molecular complexity index is 862. The SMILES string of the molecule is N#Cc1cccc(CN2CC[C@@H]3OCC(=O)N(Cc4ccccc4)[C@H]3CC2)c1. The van der Waals surface area contributed by atoms with E-state index in [-0.39, 0.29) is 24.7 Å². The number of likely N-dealkylation sites (tertiary alicyclic amines) is 1. The number of amides is 1. The molecule has 1 amide bonds. The zero-order valence-electron chi connectivity index (χ0n) is 16.0. The van der Waals surface area contributed by atoms with Crippen molar-refractivity contribution in [1.29, 1.82) is 5.26 Å². The van der Waals surface area contributed by atoms with E-state index in [1.54, 1.807) is 0 Å². The first-order valence-corrected chi connectivity index (χ1v) is 9.89. The van der Waals surface area contributed by atoms with Crippen LogP contribution in [0.25, 0.3) is 0 Å². The summed E-state index contributed by atoms with van der Waals surface area (Å²) in [6.07, 6.45) is 1.92. The fourth-order valence-electron chi connectivity index (χ4n) is 4.25. The summed E-state index contributed by atoms with van der Waals surface area (Å²) < 4.78 is 5.92. The van der Waals surface area contributed by atoms with Crippen LogP contribution < -0.4 is 0 Å². The molecule has 144 valence electrons. The number of nitriles is 1. The molecular weight excluding hydrogens is 350 g/mol. The normalized spacial score (nSPS) is 23.0. The van der Waals surface area contributed by atoms with Crippen molar-refractivity contribution in [1.82, 2.24) is 9.80 Å². The molecule has 0 aliphatic carbocycles. The number of morpholine rings is 1. The van der Waals surface area contributed by atoms with E-state index in [9.17, 15) is 4.79 Å². The van der Waals surface area contributed by atoms with Crippen LogP contribution in [0, 0.1) is 11.3 Å². The van der Waals surface area contributed by atoms with Gasteiger partial charge in [-0.05, 0) is 36.1 Å². The first-order valence-electron chi connectivity index (χ1n) is 9.89. The molecule has 0 radical (unpaired) electrons.